The summed E-state index contributed by atoms with van der Waals surface area (Å²) < 4.78 is 5.61. The van der Waals surface area contributed by atoms with E-state index >= 15 is 0 Å². The molecule has 1 aliphatic heterocycles. The summed E-state index contributed by atoms with van der Waals surface area (Å²) in [5.74, 6) is -0.295. The van der Waals surface area contributed by atoms with E-state index < -0.39 is 11.6 Å². The van der Waals surface area contributed by atoms with Gasteiger partial charge in [0.15, 0.2) is 11.4 Å². The number of aryl methyl sites for hydroxylation is 2. The Labute approximate surface area is 126 Å². The molecule has 0 saturated carbocycles. The lowest BCUT2D eigenvalue weighted by molar-refractivity contribution is -0.147. The van der Waals surface area contributed by atoms with Crippen LogP contribution < -0.4 is 0 Å². The second kappa shape index (κ2) is 5.92. The molecular weight excluding hydrogens is 264 g/mol. The first-order chi connectivity index (χ1) is 9.95. The van der Waals surface area contributed by atoms with E-state index in [0.717, 1.165) is 29.5 Å². The lowest BCUT2D eigenvalue weighted by atomic mass is 9.88. The number of carbonyl (C=O) groups excluding carboxylic acids is 1. The van der Waals surface area contributed by atoms with E-state index in [9.17, 15) is 9.90 Å². The van der Waals surface area contributed by atoms with Crippen molar-refractivity contribution in [2.45, 2.75) is 59.0 Å². The molecule has 0 fully saturated rings. The normalized spacial score (nSPS) is 21.8. The third-order valence-corrected chi connectivity index (χ3v) is 4.33. The minimum atomic E-state index is -0.835. The lowest BCUT2D eigenvalue weighted by Crippen LogP contribution is -2.31. The number of benzene rings is 1. The molecule has 0 bridgehead atoms. The van der Waals surface area contributed by atoms with Gasteiger partial charge in [-0.15, -0.1) is 0 Å². The standard InChI is InChI=1S/C18H24O3/c1-5-7-10-18(6-2)16(19)15(17(20)21-18)14-11-12(3)8-9-13(14)4/h8-9,11,19H,5-7,10H2,1-4H3. The highest BCUT2D eigenvalue weighted by atomic mass is 16.6. The molecule has 1 atom stereocenters. The number of rotatable bonds is 5. The molecule has 1 aliphatic rings. The topological polar surface area (TPSA) is 46.5 Å². The van der Waals surface area contributed by atoms with Gasteiger partial charge in [0.05, 0.1) is 0 Å². The summed E-state index contributed by atoms with van der Waals surface area (Å²) in [5, 5.41) is 10.7. The molecule has 3 heteroatoms. The van der Waals surface area contributed by atoms with Crippen LogP contribution in [0.15, 0.2) is 24.0 Å². The Kier molecular flexibility index (Phi) is 4.40. The van der Waals surface area contributed by atoms with Gasteiger partial charge in [-0.3, -0.25) is 0 Å². The predicted octanol–water partition coefficient (Wildman–Crippen LogP) is 4.47. The zero-order chi connectivity index (χ0) is 15.6. The molecule has 21 heavy (non-hydrogen) atoms. The number of aliphatic hydroxyl groups is 1. The summed E-state index contributed by atoms with van der Waals surface area (Å²) in [7, 11) is 0. The monoisotopic (exact) mass is 288 g/mol. The van der Waals surface area contributed by atoms with Gasteiger partial charge < -0.3 is 9.84 Å². The van der Waals surface area contributed by atoms with Gasteiger partial charge in [0, 0.05) is 0 Å². The average molecular weight is 288 g/mol. The van der Waals surface area contributed by atoms with Crippen molar-refractivity contribution in [3.63, 3.8) is 0 Å². The van der Waals surface area contributed by atoms with Crippen molar-refractivity contribution in [3.05, 3.63) is 40.6 Å². The van der Waals surface area contributed by atoms with Gasteiger partial charge in [-0.2, -0.15) is 0 Å². The number of aliphatic hydroxyl groups excluding tert-OH is 1. The van der Waals surface area contributed by atoms with Crippen molar-refractivity contribution < 1.29 is 14.6 Å². The Bertz CT molecular complexity index is 586. The van der Waals surface area contributed by atoms with Crippen LogP contribution in [0.4, 0.5) is 0 Å². The SMILES string of the molecule is CCCCC1(CC)OC(=O)C(c2cc(C)ccc2C)=C1O. The van der Waals surface area contributed by atoms with Crippen LogP contribution >= 0.6 is 0 Å². The second-order valence-electron chi connectivity index (χ2n) is 5.88. The van der Waals surface area contributed by atoms with E-state index in [-0.39, 0.29) is 5.76 Å². The van der Waals surface area contributed by atoms with E-state index in [4.69, 9.17) is 4.74 Å². The molecule has 0 saturated heterocycles. The van der Waals surface area contributed by atoms with Crippen molar-refractivity contribution >= 4 is 11.5 Å². The van der Waals surface area contributed by atoms with Crippen molar-refractivity contribution in [2.75, 3.05) is 0 Å². The molecule has 0 aromatic heterocycles. The van der Waals surface area contributed by atoms with Gasteiger partial charge in [0.2, 0.25) is 0 Å². The predicted molar refractivity (Wildman–Crippen MR) is 84.1 cm³/mol. The minimum Gasteiger partial charge on any atom is -0.507 e. The quantitative estimate of drug-likeness (QED) is 0.813. The molecule has 0 spiro atoms. The van der Waals surface area contributed by atoms with Crippen molar-refractivity contribution in [1.29, 1.82) is 0 Å². The van der Waals surface area contributed by atoms with Crippen LogP contribution in [-0.2, 0) is 9.53 Å². The molecule has 114 valence electrons. The summed E-state index contributed by atoms with van der Waals surface area (Å²) in [4.78, 5) is 12.3. The third kappa shape index (κ3) is 2.69. The maximum absolute atomic E-state index is 12.3. The van der Waals surface area contributed by atoms with Crippen LogP contribution in [0.3, 0.4) is 0 Å². The van der Waals surface area contributed by atoms with E-state index in [1.165, 1.54) is 0 Å². The minimum absolute atomic E-state index is 0.108. The van der Waals surface area contributed by atoms with Crippen LogP contribution in [0, 0.1) is 13.8 Å². The molecule has 0 aliphatic carbocycles. The van der Waals surface area contributed by atoms with Crippen LogP contribution in [0.1, 0.15) is 56.2 Å². The van der Waals surface area contributed by atoms with Crippen molar-refractivity contribution in [2.24, 2.45) is 0 Å². The second-order valence-corrected chi connectivity index (χ2v) is 5.88. The fraction of sp³-hybridized carbons (Fsp3) is 0.500. The molecule has 2 rings (SSSR count). The van der Waals surface area contributed by atoms with Gasteiger partial charge in [0.25, 0.3) is 0 Å². The molecular formula is C18H24O3. The summed E-state index contributed by atoms with van der Waals surface area (Å²) in [6.45, 7) is 7.96. The Balaban J connectivity index is 2.53. The van der Waals surface area contributed by atoms with Crippen LogP contribution in [-0.4, -0.2) is 16.7 Å². The average Bonchev–Trinajstić information content (AvgIpc) is 2.71. The van der Waals surface area contributed by atoms with E-state index in [2.05, 4.69) is 6.92 Å². The zero-order valence-electron chi connectivity index (χ0n) is 13.3. The Hall–Kier alpha value is -1.77. The number of carbonyl (C=O) groups is 1. The maximum Gasteiger partial charge on any atom is 0.343 e. The number of unbranched alkanes of at least 4 members (excludes halogenated alkanes) is 1. The van der Waals surface area contributed by atoms with E-state index in [0.29, 0.717) is 18.4 Å². The van der Waals surface area contributed by atoms with Crippen LogP contribution in [0.5, 0.6) is 0 Å². The van der Waals surface area contributed by atoms with Gasteiger partial charge in [-0.1, -0.05) is 44.0 Å². The molecule has 1 aromatic rings. The largest absolute Gasteiger partial charge is 0.507 e. The number of esters is 1. The summed E-state index contributed by atoms with van der Waals surface area (Å²) >= 11 is 0. The smallest absolute Gasteiger partial charge is 0.343 e. The fourth-order valence-electron chi connectivity index (χ4n) is 2.89. The molecule has 0 radical (unpaired) electrons. The molecule has 1 N–H and O–H groups in total. The van der Waals surface area contributed by atoms with Crippen LogP contribution in [0.2, 0.25) is 0 Å². The number of hydrogen-bond acceptors (Lipinski definition) is 3. The first-order valence-corrected chi connectivity index (χ1v) is 7.70. The van der Waals surface area contributed by atoms with Gasteiger partial charge in [-0.25, -0.2) is 4.79 Å². The first-order valence-electron chi connectivity index (χ1n) is 7.70. The number of ether oxygens (including phenoxy) is 1. The number of hydrogen-bond donors (Lipinski definition) is 1. The highest BCUT2D eigenvalue weighted by Gasteiger charge is 2.47. The first kappa shape index (κ1) is 15.6. The Morgan fingerprint density at radius 3 is 2.57 bits per heavy atom. The van der Waals surface area contributed by atoms with Crippen LogP contribution in [0.25, 0.3) is 5.57 Å². The van der Waals surface area contributed by atoms with Gasteiger partial charge in [-0.05, 0) is 44.2 Å². The highest BCUT2D eigenvalue weighted by molar-refractivity contribution is 6.20. The van der Waals surface area contributed by atoms with E-state index in [1.54, 1.807) is 0 Å². The third-order valence-electron chi connectivity index (χ3n) is 4.33. The molecule has 3 nitrogen and oxygen atoms in total. The molecule has 1 aromatic carbocycles. The lowest BCUT2D eigenvalue weighted by Gasteiger charge is -2.26. The van der Waals surface area contributed by atoms with E-state index in [1.807, 2.05) is 39.0 Å². The van der Waals surface area contributed by atoms with Gasteiger partial charge >= 0.3 is 5.97 Å². The molecule has 1 heterocycles. The summed E-state index contributed by atoms with van der Waals surface area (Å²) in [6, 6.07) is 5.91. The molecule has 1 unspecified atom stereocenters. The summed E-state index contributed by atoms with van der Waals surface area (Å²) in [5.41, 5.74) is 2.32. The summed E-state index contributed by atoms with van der Waals surface area (Å²) in [6.07, 6.45) is 3.20. The molecule has 0 amide bonds. The maximum atomic E-state index is 12.3. The number of cyclic esters (lactones) is 1. The Morgan fingerprint density at radius 2 is 1.95 bits per heavy atom. The van der Waals surface area contributed by atoms with Crippen molar-refractivity contribution in [3.8, 4) is 0 Å². The Morgan fingerprint density at radius 1 is 1.24 bits per heavy atom. The fourth-order valence-corrected chi connectivity index (χ4v) is 2.89. The van der Waals surface area contributed by atoms with Gasteiger partial charge in [0.1, 0.15) is 5.57 Å². The zero-order valence-corrected chi connectivity index (χ0v) is 13.3. The highest BCUT2D eigenvalue weighted by Crippen LogP contribution is 2.42. The van der Waals surface area contributed by atoms with Crippen molar-refractivity contribution in [1.82, 2.24) is 0 Å².